The Kier molecular flexibility index (Phi) is 6.18. The molecule has 0 saturated heterocycles. The van der Waals surface area contributed by atoms with Gasteiger partial charge < -0.3 is 20.3 Å². The van der Waals surface area contributed by atoms with E-state index < -0.39 is 29.9 Å². The molecule has 1 saturated carbocycles. The van der Waals surface area contributed by atoms with Crippen LogP contribution in [0, 0.1) is 14.9 Å². The Morgan fingerprint density at radius 3 is 2.68 bits per heavy atom. The van der Waals surface area contributed by atoms with Gasteiger partial charge in [0.15, 0.2) is 11.4 Å². The van der Waals surface area contributed by atoms with Crippen molar-refractivity contribution >= 4 is 45.2 Å². The average Bonchev–Trinajstić information content (AvgIpc) is 2.69. The van der Waals surface area contributed by atoms with Crippen molar-refractivity contribution in [2.45, 2.75) is 38.2 Å². The topological polar surface area (TPSA) is 133 Å². The summed E-state index contributed by atoms with van der Waals surface area (Å²) in [6.07, 6.45) is 5.43. The van der Waals surface area contributed by atoms with E-state index in [-0.39, 0.29) is 11.8 Å². The van der Waals surface area contributed by atoms with Gasteiger partial charge in [-0.3, -0.25) is 9.59 Å². The monoisotopic (exact) mass is 495 g/mol. The summed E-state index contributed by atoms with van der Waals surface area (Å²) in [6, 6.07) is 5.30. The van der Waals surface area contributed by atoms with Crippen LogP contribution < -0.4 is 10.1 Å². The van der Waals surface area contributed by atoms with Crippen LogP contribution in [0.2, 0.25) is 0 Å². The minimum atomic E-state index is -1.23. The maximum atomic E-state index is 12.3. The number of hydrogen-bond acceptors (Lipinski definition) is 6. The molecule has 0 bridgehead atoms. The van der Waals surface area contributed by atoms with Gasteiger partial charge in [0.05, 0.1) is 9.67 Å². The highest BCUT2D eigenvalue weighted by Crippen LogP contribution is 2.38. The third-order valence-electron chi connectivity index (χ3n) is 4.61. The first-order chi connectivity index (χ1) is 13.4. The molecule has 9 heteroatoms. The molecule has 0 aliphatic heterocycles. The van der Waals surface area contributed by atoms with Crippen LogP contribution in [0.25, 0.3) is 10.8 Å². The number of carbonyl (C=O) groups is 2. The minimum Gasteiger partial charge on any atom is -0.505 e. The summed E-state index contributed by atoms with van der Waals surface area (Å²) in [5, 5.41) is 31.7. The lowest BCUT2D eigenvalue weighted by molar-refractivity contribution is -0.135. The summed E-state index contributed by atoms with van der Waals surface area (Å²) in [5.41, 5.74) is -0.423. The molecule has 1 heterocycles. The molecule has 28 heavy (non-hydrogen) atoms. The summed E-state index contributed by atoms with van der Waals surface area (Å²) < 4.78 is 6.68. The lowest BCUT2D eigenvalue weighted by Crippen LogP contribution is -2.30. The standard InChI is InChI=1S/C19H18IN3O5/c20-16-13(28-10-4-2-1-3-5-10)7-6-11-12(8-21)23-17(18(26)15(11)16)19(27)22-9-14(24)25/h6-7,10,26H,1-5,9H2,(H,22,27)(H,24,25). The van der Waals surface area contributed by atoms with Gasteiger partial charge in [0.2, 0.25) is 0 Å². The van der Waals surface area contributed by atoms with Crippen molar-refractivity contribution < 1.29 is 24.5 Å². The Bertz CT molecular complexity index is 980. The molecule has 1 aliphatic rings. The van der Waals surface area contributed by atoms with Gasteiger partial charge in [0.1, 0.15) is 24.1 Å². The fourth-order valence-electron chi connectivity index (χ4n) is 3.27. The van der Waals surface area contributed by atoms with Crippen molar-refractivity contribution in [3.8, 4) is 17.6 Å². The normalized spacial score (nSPS) is 14.4. The molecule has 1 aliphatic carbocycles. The van der Waals surface area contributed by atoms with Crippen molar-refractivity contribution in [1.29, 1.82) is 5.26 Å². The Morgan fingerprint density at radius 1 is 1.32 bits per heavy atom. The number of carboxylic acid groups (broad SMARTS) is 1. The zero-order chi connectivity index (χ0) is 20.3. The van der Waals surface area contributed by atoms with Crippen molar-refractivity contribution in [3.63, 3.8) is 0 Å². The van der Waals surface area contributed by atoms with Crippen LogP contribution >= 0.6 is 22.6 Å². The molecule has 8 nitrogen and oxygen atoms in total. The van der Waals surface area contributed by atoms with E-state index >= 15 is 0 Å². The lowest BCUT2D eigenvalue weighted by Gasteiger charge is -2.24. The number of aromatic hydroxyl groups is 1. The van der Waals surface area contributed by atoms with Crippen molar-refractivity contribution in [3.05, 3.63) is 27.1 Å². The van der Waals surface area contributed by atoms with Crippen molar-refractivity contribution in [2.75, 3.05) is 6.54 Å². The molecule has 1 aromatic carbocycles. The van der Waals surface area contributed by atoms with Crippen LogP contribution in [-0.4, -0.2) is 39.7 Å². The zero-order valence-electron chi connectivity index (χ0n) is 14.9. The third kappa shape index (κ3) is 4.11. The highest BCUT2D eigenvalue weighted by molar-refractivity contribution is 14.1. The predicted molar refractivity (Wildman–Crippen MR) is 108 cm³/mol. The zero-order valence-corrected chi connectivity index (χ0v) is 17.0. The summed E-state index contributed by atoms with van der Waals surface area (Å²) in [6.45, 7) is -0.623. The second-order valence-electron chi connectivity index (χ2n) is 6.52. The Balaban J connectivity index is 2.06. The maximum absolute atomic E-state index is 12.3. The van der Waals surface area contributed by atoms with Gasteiger partial charge in [-0.25, -0.2) is 4.98 Å². The molecule has 1 fully saturated rings. The smallest absolute Gasteiger partial charge is 0.322 e. The van der Waals surface area contributed by atoms with Gasteiger partial charge in [-0.15, -0.1) is 0 Å². The SMILES string of the molecule is N#Cc1nc(C(=O)NCC(=O)O)c(O)c2c(I)c(OC3CCCCC3)ccc12. The summed E-state index contributed by atoms with van der Waals surface area (Å²) in [4.78, 5) is 26.9. The number of halogens is 1. The van der Waals surface area contributed by atoms with E-state index in [0.29, 0.717) is 20.1 Å². The van der Waals surface area contributed by atoms with Crippen molar-refractivity contribution in [2.24, 2.45) is 0 Å². The molecule has 146 valence electrons. The fourth-order valence-corrected chi connectivity index (χ4v) is 4.12. The number of nitriles is 1. The van der Waals surface area contributed by atoms with Gasteiger partial charge in [0.25, 0.3) is 5.91 Å². The van der Waals surface area contributed by atoms with Crippen LogP contribution in [-0.2, 0) is 4.79 Å². The molecule has 2 aromatic rings. The Morgan fingerprint density at radius 2 is 2.04 bits per heavy atom. The average molecular weight is 495 g/mol. The molecule has 0 radical (unpaired) electrons. The number of ether oxygens (including phenoxy) is 1. The van der Waals surface area contributed by atoms with E-state index in [1.165, 1.54) is 6.42 Å². The van der Waals surface area contributed by atoms with E-state index in [0.717, 1.165) is 25.7 Å². The summed E-state index contributed by atoms with van der Waals surface area (Å²) in [7, 11) is 0. The first-order valence-corrected chi connectivity index (χ1v) is 9.92. The minimum absolute atomic E-state index is 0.0320. The first kappa shape index (κ1) is 20.1. The number of amides is 1. The number of fused-ring (bicyclic) bond motifs is 1. The number of aromatic nitrogens is 1. The molecule has 3 N–H and O–H groups in total. The first-order valence-electron chi connectivity index (χ1n) is 8.84. The second kappa shape index (κ2) is 8.60. The number of aliphatic carboxylic acids is 1. The van der Waals surface area contributed by atoms with Crippen LogP contribution in [0.1, 0.15) is 48.3 Å². The predicted octanol–water partition coefficient (Wildman–Crippen LogP) is 2.94. The summed E-state index contributed by atoms with van der Waals surface area (Å²) >= 11 is 2.02. The Labute approximate surface area is 174 Å². The van der Waals surface area contributed by atoms with Gasteiger partial charge >= 0.3 is 5.97 Å². The van der Waals surface area contributed by atoms with E-state index in [9.17, 15) is 20.0 Å². The highest BCUT2D eigenvalue weighted by atomic mass is 127. The van der Waals surface area contributed by atoms with E-state index in [4.69, 9.17) is 9.84 Å². The van der Waals surface area contributed by atoms with Crippen LogP contribution in [0.3, 0.4) is 0 Å². The molecular formula is C19H18IN3O5. The quantitative estimate of drug-likeness (QED) is 0.544. The van der Waals surface area contributed by atoms with E-state index in [1.54, 1.807) is 12.1 Å². The van der Waals surface area contributed by atoms with Gasteiger partial charge in [0, 0.05) is 10.8 Å². The molecule has 0 atom stereocenters. The van der Waals surface area contributed by atoms with Gasteiger partial charge in [-0.1, -0.05) is 6.42 Å². The largest absolute Gasteiger partial charge is 0.505 e. The van der Waals surface area contributed by atoms with Crippen molar-refractivity contribution in [1.82, 2.24) is 10.3 Å². The number of nitrogens with one attached hydrogen (secondary N) is 1. The fraction of sp³-hybridized carbons (Fsp3) is 0.368. The number of carboxylic acids is 1. The van der Waals surface area contributed by atoms with Gasteiger partial charge in [-0.05, 0) is 60.4 Å². The second-order valence-corrected chi connectivity index (χ2v) is 7.60. The molecule has 0 unspecified atom stereocenters. The van der Waals surface area contributed by atoms with Crippen LogP contribution in [0.15, 0.2) is 12.1 Å². The molecule has 1 aromatic heterocycles. The highest BCUT2D eigenvalue weighted by Gasteiger charge is 2.24. The number of carbonyl (C=O) groups excluding carboxylic acids is 1. The number of rotatable bonds is 5. The van der Waals surface area contributed by atoms with Crippen LogP contribution in [0.4, 0.5) is 0 Å². The molecule has 3 rings (SSSR count). The van der Waals surface area contributed by atoms with Crippen LogP contribution in [0.5, 0.6) is 11.5 Å². The van der Waals surface area contributed by atoms with E-state index in [1.807, 2.05) is 28.7 Å². The number of hydrogen-bond donors (Lipinski definition) is 3. The molecule has 0 spiro atoms. The Hall–Kier alpha value is -2.61. The number of benzene rings is 1. The lowest BCUT2D eigenvalue weighted by atomic mass is 9.98. The number of pyridine rings is 1. The van der Waals surface area contributed by atoms with E-state index in [2.05, 4.69) is 10.3 Å². The summed E-state index contributed by atoms with van der Waals surface area (Å²) in [5.74, 6) is -1.93. The molecule has 1 amide bonds. The third-order valence-corrected chi connectivity index (χ3v) is 5.68. The van der Waals surface area contributed by atoms with Gasteiger partial charge in [-0.2, -0.15) is 5.26 Å². The molecular weight excluding hydrogens is 477 g/mol. The maximum Gasteiger partial charge on any atom is 0.322 e. The number of nitrogens with zero attached hydrogens (tertiary/aromatic N) is 2.